The smallest absolute Gasteiger partial charge is 0.489 e. The molecule has 0 radical (unpaired) electrons. The van der Waals surface area contributed by atoms with Crippen molar-refractivity contribution in [3.8, 4) is 17.2 Å². The van der Waals surface area contributed by atoms with Crippen molar-refractivity contribution in [1.82, 2.24) is 0 Å². The second kappa shape index (κ2) is 2.53. The molecule has 1 aromatic carbocycles. The standard InChI is InChI=1S/C10H8F2O3/c1-5-4-13-8-6(5)2-3-7-9(8)15-10(11,12)14-7/h2-3,5H,4H2,1H3. The van der Waals surface area contributed by atoms with Gasteiger partial charge in [-0.15, -0.1) is 8.78 Å². The van der Waals surface area contributed by atoms with E-state index in [0.29, 0.717) is 12.4 Å². The van der Waals surface area contributed by atoms with E-state index in [2.05, 4.69) is 9.47 Å². The Morgan fingerprint density at radius 3 is 2.87 bits per heavy atom. The van der Waals surface area contributed by atoms with E-state index < -0.39 is 6.29 Å². The summed E-state index contributed by atoms with van der Waals surface area (Å²) >= 11 is 0. The normalized spacial score (nSPS) is 24.9. The van der Waals surface area contributed by atoms with Crippen LogP contribution in [0.3, 0.4) is 0 Å². The van der Waals surface area contributed by atoms with Gasteiger partial charge >= 0.3 is 6.29 Å². The van der Waals surface area contributed by atoms with E-state index in [1.54, 1.807) is 6.07 Å². The highest BCUT2D eigenvalue weighted by Gasteiger charge is 2.46. The molecule has 15 heavy (non-hydrogen) atoms. The molecule has 0 N–H and O–H groups in total. The van der Waals surface area contributed by atoms with Crippen LogP contribution in [0.5, 0.6) is 17.2 Å². The maximum absolute atomic E-state index is 12.8. The molecule has 3 nitrogen and oxygen atoms in total. The van der Waals surface area contributed by atoms with Crippen LogP contribution < -0.4 is 14.2 Å². The fourth-order valence-electron chi connectivity index (χ4n) is 1.84. The monoisotopic (exact) mass is 214 g/mol. The quantitative estimate of drug-likeness (QED) is 0.664. The Bertz CT molecular complexity index is 431. The minimum absolute atomic E-state index is 0.0156. The molecule has 0 saturated heterocycles. The first-order valence-electron chi connectivity index (χ1n) is 4.62. The van der Waals surface area contributed by atoms with E-state index in [1.807, 2.05) is 6.92 Å². The zero-order chi connectivity index (χ0) is 10.6. The molecule has 0 bridgehead atoms. The van der Waals surface area contributed by atoms with Crippen LogP contribution in [0.2, 0.25) is 0 Å². The third-order valence-corrected chi connectivity index (χ3v) is 2.56. The summed E-state index contributed by atoms with van der Waals surface area (Å²) in [5.41, 5.74) is 0.884. The third-order valence-electron chi connectivity index (χ3n) is 2.56. The first-order valence-corrected chi connectivity index (χ1v) is 4.62. The van der Waals surface area contributed by atoms with E-state index >= 15 is 0 Å². The molecule has 2 aliphatic heterocycles. The Labute approximate surface area is 84.6 Å². The lowest BCUT2D eigenvalue weighted by Gasteiger charge is -2.05. The topological polar surface area (TPSA) is 27.7 Å². The van der Waals surface area contributed by atoms with Gasteiger partial charge < -0.3 is 14.2 Å². The van der Waals surface area contributed by atoms with Gasteiger partial charge in [-0.3, -0.25) is 0 Å². The second-order valence-corrected chi connectivity index (χ2v) is 3.69. The highest BCUT2D eigenvalue weighted by Crippen LogP contribution is 2.52. The van der Waals surface area contributed by atoms with E-state index in [0.717, 1.165) is 5.56 Å². The lowest BCUT2D eigenvalue weighted by Crippen LogP contribution is -2.26. The number of benzene rings is 1. The molecule has 2 heterocycles. The van der Waals surface area contributed by atoms with Crippen molar-refractivity contribution in [3.63, 3.8) is 0 Å². The lowest BCUT2D eigenvalue weighted by atomic mass is 10.0. The van der Waals surface area contributed by atoms with Crippen LogP contribution in [0.15, 0.2) is 12.1 Å². The SMILES string of the molecule is CC1COc2c1ccc1c2OC(F)(F)O1. The molecule has 0 aromatic heterocycles. The van der Waals surface area contributed by atoms with Crippen molar-refractivity contribution < 1.29 is 23.0 Å². The Balaban J connectivity index is 2.13. The molecular formula is C10H8F2O3. The molecule has 0 saturated carbocycles. The number of halogens is 2. The molecule has 0 aliphatic carbocycles. The minimum atomic E-state index is -3.58. The zero-order valence-corrected chi connectivity index (χ0v) is 7.92. The van der Waals surface area contributed by atoms with E-state index in [-0.39, 0.29) is 17.4 Å². The van der Waals surface area contributed by atoms with Gasteiger partial charge in [0.15, 0.2) is 11.5 Å². The Hall–Kier alpha value is -1.52. The highest BCUT2D eigenvalue weighted by atomic mass is 19.3. The van der Waals surface area contributed by atoms with Gasteiger partial charge in [0.05, 0.1) is 6.61 Å². The summed E-state index contributed by atoms with van der Waals surface area (Å²) in [4.78, 5) is 0. The van der Waals surface area contributed by atoms with Crippen LogP contribution in [0.25, 0.3) is 0 Å². The summed E-state index contributed by atoms with van der Waals surface area (Å²) in [5, 5.41) is 0. The summed E-state index contributed by atoms with van der Waals surface area (Å²) in [6.45, 7) is 2.45. The largest absolute Gasteiger partial charge is 0.586 e. The van der Waals surface area contributed by atoms with Gasteiger partial charge in [-0.05, 0) is 6.07 Å². The van der Waals surface area contributed by atoms with Crippen molar-refractivity contribution in [2.75, 3.05) is 6.61 Å². The first kappa shape index (κ1) is 8.76. The van der Waals surface area contributed by atoms with Crippen LogP contribution in [-0.4, -0.2) is 12.9 Å². The summed E-state index contributed by atoms with van der Waals surface area (Å²) in [5.74, 6) is 0.634. The molecule has 1 unspecified atom stereocenters. The Morgan fingerprint density at radius 2 is 2.07 bits per heavy atom. The summed E-state index contributed by atoms with van der Waals surface area (Å²) in [6, 6.07) is 3.22. The van der Waals surface area contributed by atoms with Gasteiger partial charge in [-0.2, -0.15) is 0 Å². The van der Waals surface area contributed by atoms with E-state index in [4.69, 9.17) is 4.74 Å². The van der Waals surface area contributed by atoms with Gasteiger partial charge in [0.2, 0.25) is 5.75 Å². The fourth-order valence-corrected chi connectivity index (χ4v) is 1.84. The van der Waals surface area contributed by atoms with Gasteiger partial charge in [-0.25, -0.2) is 0 Å². The molecule has 1 aromatic rings. The van der Waals surface area contributed by atoms with Crippen LogP contribution in [0.1, 0.15) is 18.4 Å². The number of alkyl halides is 2. The first-order chi connectivity index (χ1) is 7.07. The number of rotatable bonds is 0. The van der Waals surface area contributed by atoms with Crippen molar-refractivity contribution in [2.45, 2.75) is 19.1 Å². The minimum Gasteiger partial charge on any atom is -0.489 e. The zero-order valence-electron chi connectivity index (χ0n) is 7.92. The average Bonchev–Trinajstić information content (AvgIpc) is 2.65. The molecule has 0 fully saturated rings. The van der Waals surface area contributed by atoms with Crippen LogP contribution in [-0.2, 0) is 0 Å². The van der Waals surface area contributed by atoms with Gasteiger partial charge in [0.25, 0.3) is 0 Å². The van der Waals surface area contributed by atoms with Crippen LogP contribution >= 0.6 is 0 Å². The lowest BCUT2D eigenvalue weighted by molar-refractivity contribution is -0.287. The van der Waals surface area contributed by atoms with Crippen LogP contribution in [0.4, 0.5) is 8.78 Å². The van der Waals surface area contributed by atoms with Gasteiger partial charge in [0.1, 0.15) is 0 Å². The third kappa shape index (κ3) is 1.15. The maximum Gasteiger partial charge on any atom is 0.586 e. The predicted octanol–water partition coefficient (Wildman–Crippen LogP) is 2.50. The molecule has 1 atom stereocenters. The second-order valence-electron chi connectivity index (χ2n) is 3.69. The number of fused-ring (bicyclic) bond motifs is 3. The average molecular weight is 214 g/mol. The maximum atomic E-state index is 12.8. The Morgan fingerprint density at radius 1 is 1.27 bits per heavy atom. The van der Waals surface area contributed by atoms with Crippen molar-refractivity contribution in [3.05, 3.63) is 17.7 Å². The van der Waals surface area contributed by atoms with Crippen molar-refractivity contribution >= 4 is 0 Å². The van der Waals surface area contributed by atoms with E-state index in [1.165, 1.54) is 6.07 Å². The number of hydrogen-bond acceptors (Lipinski definition) is 3. The van der Waals surface area contributed by atoms with Crippen molar-refractivity contribution in [2.24, 2.45) is 0 Å². The molecule has 5 heteroatoms. The highest BCUT2D eigenvalue weighted by molar-refractivity contribution is 5.59. The molecule has 80 valence electrons. The molecule has 3 rings (SSSR count). The summed E-state index contributed by atoms with van der Waals surface area (Å²) in [7, 11) is 0. The molecule has 0 spiro atoms. The number of hydrogen-bond donors (Lipinski definition) is 0. The van der Waals surface area contributed by atoms with Crippen molar-refractivity contribution in [1.29, 1.82) is 0 Å². The van der Waals surface area contributed by atoms with Gasteiger partial charge in [0, 0.05) is 11.5 Å². The van der Waals surface area contributed by atoms with E-state index in [9.17, 15) is 8.78 Å². The molecular weight excluding hydrogens is 206 g/mol. The predicted molar refractivity (Wildman–Crippen MR) is 46.6 cm³/mol. The fraction of sp³-hybridized carbons (Fsp3) is 0.400. The molecule has 0 amide bonds. The Kier molecular flexibility index (Phi) is 1.48. The van der Waals surface area contributed by atoms with Crippen LogP contribution in [0, 0.1) is 0 Å². The summed E-state index contributed by atoms with van der Waals surface area (Å²) in [6.07, 6.45) is -3.58. The summed E-state index contributed by atoms with van der Waals surface area (Å²) < 4.78 is 39.6. The molecule has 2 aliphatic rings. The van der Waals surface area contributed by atoms with Gasteiger partial charge in [-0.1, -0.05) is 13.0 Å². The number of ether oxygens (including phenoxy) is 3.